The molecule has 1 rings (SSSR count). The average molecular weight is 263 g/mol. The number of carbonyl (C=O) groups excluding carboxylic acids is 1. The van der Waals surface area contributed by atoms with Gasteiger partial charge in [0.2, 0.25) is 10.0 Å². The molecule has 0 radical (unpaired) electrons. The smallest absolute Gasteiger partial charge is 0.251 e. The molecule has 0 aliphatic carbocycles. The van der Waals surface area contributed by atoms with Crippen molar-refractivity contribution in [2.75, 3.05) is 6.54 Å². The molecule has 0 fully saturated rings. The van der Waals surface area contributed by atoms with Crippen molar-refractivity contribution in [2.24, 2.45) is 0 Å². The lowest BCUT2D eigenvalue weighted by atomic mass is 10.2. The predicted octanol–water partition coefficient (Wildman–Crippen LogP) is 1.43. The number of ketones is 1. The van der Waals surface area contributed by atoms with E-state index in [-0.39, 0.29) is 10.7 Å². The molecule has 0 aliphatic rings. The molecule has 0 saturated heterocycles. The predicted molar refractivity (Wildman–Crippen MR) is 57.6 cm³/mol. The van der Waals surface area contributed by atoms with Gasteiger partial charge >= 0.3 is 0 Å². The molecule has 4 nitrogen and oxygen atoms in total. The summed E-state index contributed by atoms with van der Waals surface area (Å²) in [6.07, 6.45) is -2.75. The van der Waals surface area contributed by atoms with Gasteiger partial charge < -0.3 is 0 Å². The topological polar surface area (TPSA) is 63.2 Å². The number of Topliss-reactive ketones (excluding diaryl/α,β-unsaturated/α-hetero) is 1. The standard InChI is InChI=1S/C10H11F2NO3S/c1-7(14)8-2-4-9(5-3-8)17(15,16)13-6-10(11)12/h2-5,10,13H,6H2,1H3. The Kier molecular flexibility index (Phi) is 4.30. The molecule has 0 bridgehead atoms. The van der Waals surface area contributed by atoms with E-state index in [1.165, 1.54) is 31.2 Å². The van der Waals surface area contributed by atoms with Crippen LogP contribution in [0.1, 0.15) is 17.3 Å². The quantitative estimate of drug-likeness (QED) is 0.817. The molecule has 7 heteroatoms. The van der Waals surface area contributed by atoms with E-state index in [2.05, 4.69) is 0 Å². The maximum Gasteiger partial charge on any atom is 0.251 e. The molecule has 0 aliphatic heterocycles. The summed E-state index contributed by atoms with van der Waals surface area (Å²) in [6, 6.07) is 5.06. The third-order valence-corrected chi connectivity index (χ3v) is 3.44. The maximum atomic E-state index is 11.9. The van der Waals surface area contributed by atoms with Crippen molar-refractivity contribution in [2.45, 2.75) is 18.2 Å². The summed E-state index contributed by atoms with van der Waals surface area (Å²) < 4.78 is 48.5. The van der Waals surface area contributed by atoms with E-state index in [4.69, 9.17) is 0 Å². The van der Waals surface area contributed by atoms with Gasteiger partial charge in [-0.25, -0.2) is 21.9 Å². The second-order valence-electron chi connectivity index (χ2n) is 3.32. The van der Waals surface area contributed by atoms with E-state index in [0.29, 0.717) is 5.56 Å². The molecular weight excluding hydrogens is 252 g/mol. The average Bonchev–Trinajstić information content (AvgIpc) is 2.27. The molecular formula is C10H11F2NO3S. The molecule has 0 atom stereocenters. The number of halogens is 2. The number of hydrogen-bond donors (Lipinski definition) is 1. The highest BCUT2D eigenvalue weighted by atomic mass is 32.2. The molecule has 94 valence electrons. The Morgan fingerprint density at radius 1 is 1.29 bits per heavy atom. The van der Waals surface area contributed by atoms with Gasteiger partial charge in [0.1, 0.15) is 0 Å². The van der Waals surface area contributed by atoms with Crippen LogP contribution in [-0.4, -0.2) is 27.2 Å². The normalized spacial score (nSPS) is 11.8. The van der Waals surface area contributed by atoms with Crippen molar-refractivity contribution in [1.29, 1.82) is 0 Å². The first-order valence-corrected chi connectivity index (χ1v) is 6.20. The minimum Gasteiger partial charge on any atom is -0.295 e. The third-order valence-electron chi connectivity index (χ3n) is 2.00. The summed E-state index contributed by atoms with van der Waals surface area (Å²) in [7, 11) is -3.94. The Balaban J connectivity index is 2.89. The van der Waals surface area contributed by atoms with Crippen LogP contribution < -0.4 is 4.72 Å². The van der Waals surface area contributed by atoms with Gasteiger partial charge in [-0.15, -0.1) is 0 Å². The number of hydrogen-bond acceptors (Lipinski definition) is 3. The fraction of sp³-hybridized carbons (Fsp3) is 0.300. The van der Waals surface area contributed by atoms with Crippen LogP contribution in [0.25, 0.3) is 0 Å². The lowest BCUT2D eigenvalue weighted by Gasteiger charge is -2.06. The number of nitrogens with one attached hydrogen (secondary N) is 1. The van der Waals surface area contributed by atoms with Crippen LogP contribution in [0.15, 0.2) is 29.2 Å². The second kappa shape index (κ2) is 5.33. The van der Waals surface area contributed by atoms with E-state index < -0.39 is 23.0 Å². The van der Waals surface area contributed by atoms with E-state index >= 15 is 0 Å². The molecule has 1 aromatic carbocycles. The zero-order valence-corrected chi connectivity index (χ0v) is 9.80. The van der Waals surface area contributed by atoms with Gasteiger partial charge in [-0.2, -0.15) is 0 Å². The summed E-state index contributed by atoms with van der Waals surface area (Å²) in [5, 5.41) is 0. The van der Waals surface area contributed by atoms with E-state index in [1.807, 2.05) is 0 Å². The Morgan fingerprint density at radius 2 is 1.82 bits per heavy atom. The fourth-order valence-electron chi connectivity index (χ4n) is 1.12. The Morgan fingerprint density at radius 3 is 2.24 bits per heavy atom. The van der Waals surface area contributed by atoms with Crippen LogP contribution in [0.4, 0.5) is 8.78 Å². The number of sulfonamides is 1. The first-order valence-electron chi connectivity index (χ1n) is 4.72. The van der Waals surface area contributed by atoms with Gasteiger partial charge in [-0.3, -0.25) is 4.79 Å². The number of alkyl halides is 2. The van der Waals surface area contributed by atoms with Crippen molar-refractivity contribution < 1.29 is 22.0 Å². The van der Waals surface area contributed by atoms with Crippen LogP contribution in [0.3, 0.4) is 0 Å². The van der Waals surface area contributed by atoms with Crippen molar-refractivity contribution >= 4 is 15.8 Å². The molecule has 1 aromatic rings. The van der Waals surface area contributed by atoms with Crippen molar-refractivity contribution in [1.82, 2.24) is 4.72 Å². The summed E-state index contributed by atoms with van der Waals surface area (Å²) >= 11 is 0. The summed E-state index contributed by atoms with van der Waals surface area (Å²) in [4.78, 5) is 10.8. The Hall–Kier alpha value is -1.34. The van der Waals surface area contributed by atoms with Gasteiger partial charge in [0.15, 0.2) is 5.78 Å². The lowest BCUT2D eigenvalue weighted by molar-refractivity contribution is 0.101. The highest BCUT2D eigenvalue weighted by Crippen LogP contribution is 2.11. The molecule has 0 heterocycles. The fourth-order valence-corrected chi connectivity index (χ4v) is 2.13. The zero-order valence-electron chi connectivity index (χ0n) is 8.98. The summed E-state index contributed by atoms with van der Waals surface area (Å²) in [6.45, 7) is 0.412. The van der Waals surface area contributed by atoms with Crippen LogP contribution in [0, 0.1) is 0 Å². The SMILES string of the molecule is CC(=O)c1ccc(S(=O)(=O)NCC(F)F)cc1. The van der Waals surface area contributed by atoms with Crippen LogP contribution in [0.2, 0.25) is 0 Å². The zero-order chi connectivity index (χ0) is 13.1. The molecule has 0 unspecified atom stereocenters. The minimum absolute atomic E-state index is 0.150. The molecule has 0 spiro atoms. The molecule has 1 N–H and O–H groups in total. The van der Waals surface area contributed by atoms with E-state index in [1.54, 1.807) is 4.72 Å². The minimum atomic E-state index is -3.94. The van der Waals surface area contributed by atoms with Gasteiger partial charge in [0.05, 0.1) is 11.4 Å². The second-order valence-corrected chi connectivity index (χ2v) is 5.09. The highest BCUT2D eigenvalue weighted by molar-refractivity contribution is 7.89. The van der Waals surface area contributed by atoms with E-state index in [0.717, 1.165) is 0 Å². The highest BCUT2D eigenvalue weighted by Gasteiger charge is 2.16. The molecule has 17 heavy (non-hydrogen) atoms. The monoisotopic (exact) mass is 263 g/mol. The van der Waals surface area contributed by atoms with Crippen LogP contribution >= 0.6 is 0 Å². The lowest BCUT2D eigenvalue weighted by Crippen LogP contribution is -2.28. The first kappa shape index (κ1) is 13.7. The third kappa shape index (κ3) is 3.86. The Bertz CT molecular complexity index is 497. The number of carbonyl (C=O) groups is 1. The Labute approximate surface area is 97.7 Å². The summed E-state index contributed by atoms with van der Waals surface area (Å²) in [5.41, 5.74) is 0.359. The first-order chi connectivity index (χ1) is 7.83. The molecule has 0 aromatic heterocycles. The van der Waals surface area contributed by atoms with E-state index in [9.17, 15) is 22.0 Å². The van der Waals surface area contributed by atoms with Crippen molar-refractivity contribution in [3.8, 4) is 0 Å². The maximum absolute atomic E-state index is 11.9. The van der Waals surface area contributed by atoms with Gasteiger partial charge in [0.25, 0.3) is 6.43 Å². The van der Waals surface area contributed by atoms with Crippen molar-refractivity contribution in [3.63, 3.8) is 0 Å². The van der Waals surface area contributed by atoms with Crippen LogP contribution in [-0.2, 0) is 10.0 Å². The van der Waals surface area contributed by atoms with Crippen LogP contribution in [0.5, 0.6) is 0 Å². The van der Waals surface area contributed by atoms with Gasteiger partial charge in [0, 0.05) is 5.56 Å². The number of rotatable bonds is 5. The largest absolute Gasteiger partial charge is 0.295 e. The molecule has 0 amide bonds. The number of benzene rings is 1. The molecule has 0 saturated carbocycles. The van der Waals surface area contributed by atoms with Gasteiger partial charge in [-0.1, -0.05) is 12.1 Å². The van der Waals surface area contributed by atoms with Gasteiger partial charge in [-0.05, 0) is 19.1 Å². The van der Waals surface area contributed by atoms with Crippen molar-refractivity contribution in [3.05, 3.63) is 29.8 Å². The summed E-state index contributed by atoms with van der Waals surface area (Å²) in [5.74, 6) is -0.200.